The maximum absolute atomic E-state index is 13.1. The van der Waals surface area contributed by atoms with Crippen molar-refractivity contribution in [3.63, 3.8) is 0 Å². The van der Waals surface area contributed by atoms with Crippen molar-refractivity contribution in [1.82, 2.24) is 0 Å². The highest BCUT2D eigenvalue weighted by atomic mass is 19.2. The Kier molecular flexibility index (Phi) is 5.51. The van der Waals surface area contributed by atoms with Crippen molar-refractivity contribution in [2.75, 3.05) is 17.2 Å². The Labute approximate surface area is 133 Å². The molecular weight excluding hydrogens is 302 g/mol. The molecule has 0 heterocycles. The molecule has 0 spiro atoms. The van der Waals surface area contributed by atoms with E-state index in [2.05, 4.69) is 10.6 Å². The summed E-state index contributed by atoms with van der Waals surface area (Å²) in [6.45, 7) is 3.88. The highest BCUT2D eigenvalue weighted by Gasteiger charge is 2.06. The van der Waals surface area contributed by atoms with Gasteiger partial charge in [-0.25, -0.2) is 8.78 Å². The standard InChI is InChI=1S/C17H18F2N2O2/c1-11(2)23-14-6-3-12(4-7-14)20-10-17(22)21-13-5-8-15(18)16(19)9-13/h3-9,11,20H,10H2,1-2H3,(H,21,22). The lowest BCUT2D eigenvalue weighted by Crippen LogP contribution is -2.21. The Morgan fingerprint density at radius 3 is 2.30 bits per heavy atom. The van der Waals surface area contributed by atoms with Crippen LogP contribution in [0.2, 0.25) is 0 Å². The van der Waals surface area contributed by atoms with Gasteiger partial charge in [-0.3, -0.25) is 4.79 Å². The second-order valence-corrected chi connectivity index (χ2v) is 5.22. The molecule has 2 rings (SSSR count). The molecule has 0 aromatic heterocycles. The number of anilines is 2. The van der Waals surface area contributed by atoms with E-state index in [-0.39, 0.29) is 24.2 Å². The number of amides is 1. The molecule has 0 unspecified atom stereocenters. The summed E-state index contributed by atoms with van der Waals surface area (Å²) in [5.41, 5.74) is 0.956. The summed E-state index contributed by atoms with van der Waals surface area (Å²) in [7, 11) is 0. The Bertz CT molecular complexity index is 673. The average molecular weight is 320 g/mol. The Hall–Kier alpha value is -2.63. The molecule has 0 atom stereocenters. The van der Waals surface area contributed by atoms with Gasteiger partial charge in [0.05, 0.1) is 12.6 Å². The lowest BCUT2D eigenvalue weighted by molar-refractivity contribution is -0.114. The Morgan fingerprint density at radius 2 is 1.70 bits per heavy atom. The molecule has 23 heavy (non-hydrogen) atoms. The number of ether oxygens (including phenoxy) is 1. The van der Waals surface area contributed by atoms with Crippen LogP contribution >= 0.6 is 0 Å². The van der Waals surface area contributed by atoms with Gasteiger partial charge in [0.2, 0.25) is 5.91 Å². The maximum Gasteiger partial charge on any atom is 0.243 e. The van der Waals surface area contributed by atoms with Gasteiger partial charge in [-0.15, -0.1) is 0 Å². The molecule has 1 amide bonds. The van der Waals surface area contributed by atoms with Gasteiger partial charge in [0, 0.05) is 17.4 Å². The van der Waals surface area contributed by atoms with E-state index >= 15 is 0 Å². The van der Waals surface area contributed by atoms with Crippen molar-refractivity contribution in [2.45, 2.75) is 20.0 Å². The summed E-state index contributed by atoms with van der Waals surface area (Å²) in [4.78, 5) is 11.8. The number of hydrogen-bond donors (Lipinski definition) is 2. The van der Waals surface area contributed by atoms with Crippen LogP contribution < -0.4 is 15.4 Å². The maximum atomic E-state index is 13.1. The molecule has 2 aromatic rings. The average Bonchev–Trinajstić information content (AvgIpc) is 2.50. The van der Waals surface area contributed by atoms with Gasteiger partial charge < -0.3 is 15.4 Å². The monoisotopic (exact) mass is 320 g/mol. The molecular formula is C17H18F2N2O2. The van der Waals surface area contributed by atoms with Crippen molar-refractivity contribution >= 4 is 17.3 Å². The van der Waals surface area contributed by atoms with Crippen LogP contribution in [0.4, 0.5) is 20.2 Å². The van der Waals surface area contributed by atoms with Crippen molar-refractivity contribution in [3.8, 4) is 5.75 Å². The van der Waals surface area contributed by atoms with E-state index in [1.54, 1.807) is 24.3 Å². The molecule has 2 N–H and O–H groups in total. The van der Waals surface area contributed by atoms with E-state index in [4.69, 9.17) is 4.74 Å². The molecule has 0 aliphatic rings. The zero-order valence-corrected chi connectivity index (χ0v) is 12.9. The van der Waals surface area contributed by atoms with E-state index in [0.29, 0.717) is 0 Å². The Morgan fingerprint density at radius 1 is 1.04 bits per heavy atom. The SMILES string of the molecule is CC(C)Oc1ccc(NCC(=O)Nc2ccc(F)c(F)c2)cc1. The molecule has 0 aliphatic carbocycles. The summed E-state index contributed by atoms with van der Waals surface area (Å²) < 4.78 is 31.4. The van der Waals surface area contributed by atoms with Crippen molar-refractivity contribution in [3.05, 3.63) is 54.1 Å². The molecule has 0 saturated carbocycles. The van der Waals surface area contributed by atoms with Crippen LogP contribution in [0.3, 0.4) is 0 Å². The van der Waals surface area contributed by atoms with E-state index < -0.39 is 11.6 Å². The van der Waals surface area contributed by atoms with Gasteiger partial charge in [0.25, 0.3) is 0 Å². The molecule has 2 aromatic carbocycles. The predicted octanol–water partition coefficient (Wildman–Crippen LogP) is 3.80. The third-order valence-corrected chi connectivity index (χ3v) is 2.88. The van der Waals surface area contributed by atoms with Gasteiger partial charge in [0.15, 0.2) is 11.6 Å². The van der Waals surface area contributed by atoms with Crippen molar-refractivity contribution in [2.24, 2.45) is 0 Å². The van der Waals surface area contributed by atoms with Crippen LogP contribution in [0.25, 0.3) is 0 Å². The fourth-order valence-corrected chi connectivity index (χ4v) is 1.88. The third kappa shape index (κ3) is 5.25. The van der Waals surface area contributed by atoms with Gasteiger partial charge in [-0.1, -0.05) is 0 Å². The summed E-state index contributed by atoms with van der Waals surface area (Å²) in [6, 6.07) is 10.4. The molecule has 4 nitrogen and oxygen atoms in total. The molecule has 0 radical (unpaired) electrons. The third-order valence-electron chi connectivity index (χ3n) is 2.88. The van der Waals surface area contributed by atoms with Crippen LogP contribution in [0.5, 0.6) is 5.75 Å². The second-order valence-electron chi connectivity index (χ2n) is 5.22. The van der Waals surface area contributed by atoms with E-state index in [1.165, 1.54) is 6.07 Å². The first-order chi connectivity index (χ1) is 10.9. The lowest BCUT2D eigenvalue weighted by Gasteiger charge is -2.11. The molecule has 122 valence electrons. The second kappa shape index (κ2) is 7.58. The number of benzene rings is 2. The van der Waals surface area contributed by atoms with Crippen LogP contribution in [0, 0.1) is 11.6 Å². The van der Waals surface area contributed by atoms with Crippen LogP contribution in [-0.4, -0.2) is 18.6 Å². The van der Waals surface area contributed by atoms with E-state index in [9.17, 15) is 13.6 Å². The summed E-state index contributed by atoms with van der Waals surface area (Å²) in [5.74, 6) is -1.57. The molecule has 6 heteroatoms. The van der Waals surface area contributed by atoms with Gasteiger partial charge in [-0.05, 0) is 50.2 Å². The topological polar surface area (TPSA) is 50.4 Å². The van der Waals surface area contributed by atoms with Crippen LogP contribution in [-0.2, 0) is 4.79 Å². The molecule has 0 fully saturated rings. The number of hydrogen-bond acceptors (Lipinski definition) is 3. The summed E-state index contributed by atoms with van der Waals surface area (Å²) in [6.07, 6.45) is 0.0932. The largest absolute Gasteiger partial charge is 0.491 e. The van der Waals surface area contributed by atoms with Crippen LogP contribution in [0.1, 0.15) is 13.8 Å². The highest BCUT2D eigenvalue weighted by molar-refractivity contribution is 5.93. The smallest absolute Gasteiger partial charge is 0.243 e. The summed E-state index contributed by atoms with van der Waals surface area (Å²) >= 11 is 0. The lowest BCUT2D eigenvalue weighted by atomic mass is 10.3. The highest BCUT2D eigenvalue weighted by Crippen LogP contribution is 2.17. The van der Waals surface area contributed by atoms with E-state index in [0.717, 1.165) is 23.6 Å². The van der Waals surface area contributed by atoms with Gasteiger partial charge >= 0.3 is 0 Å². The van der Waals surface area contributed by atoms with Crippen molar-refractivity contribution < 1.29 is 18.3 Å². The van der Waals surface area contributed by atoms with Gasteiger partial charge in [-0.2, -0.15) is 0 Å². The minimum absolute atomic E-state index is 0.00335. The number of carbonyl (C=O) groups excluding carboxylic acids is 1. The number of halogens is 2. The number of rotatable bonds is 6. The minimum atomic E-state index is -1.00. The number of carbonyl (C=O) groups is 1. The summed E-state index contributed by atoms with van der Waals surface area (Å²) in [5, 5.41) is 5.42. The predicted molar refractivity (Wildman–Crippen MR) is 85.7 cm³/mol. The molecule has 0 aliphatic heterocycles. The Balaban J connectivity index is 1.85. The quantitative estimate of drug-likeness (QED) is 0.851. The first kappa shape index (κ1) is 16.7. The first-order valence-electron chi connectivity index (χ1n) is 7.19. The zero-order chi connectivity index (χ0) is 16.8. The minimum Gasteiger partial charge on any atom is -0.491 e. The molecule has 0 saturated heterocycles. The van der Waals surface area contributed by atoms with E-state index in [1.807, 2.05) is 13.8 Å². The number of nitrogens with one attached hydrogen (secondary N) is 2. The fourth-order valence-electron chi connectivity index (χ4n) is 1.88. The van der Waals surface area contributed by atoms with Gasteiger partial charge in [0.1, 0.15) is 5.75 Å². The fraction of sp³-hybridized carbons (Fsp3) is 0.235. The first-order valence-corrected chi connectivity index (χ1v) is 7.19. The van der Waals surface area contributed by atoms with Crippen molar-refractivity contribution in [1.29, 1.82) is 0 Å². The molecule has 0 bridgehead atoms. The normalized spacial score (nSPS) is 10.5. The zero-order valence-electron chi connectivity index (χ0n) is 12.9. The van der Waals surface area contributed by atoms with Crippen LogP contribution in [0.15, 0.2) is 42.5 Å².